The quantitative estimate of drug-likeness (QED) is 0.426. The number of hydrogen-bond donors (Lipinski definition) is 2. The van der Waals surface area contributed by atoms with Crippen molar-refractivity contribution in [2.75, 3.05) is 39.3 Å². The highest BCUT2D eigenvalue weighted by Crippen LogP contribution is 2.15. The third-order valence-corrected chi connectivity index (χ3v) is 6.33. The zero-order chi connectivity index (χ0) is 26.7. The summed E-state index contributed by atoms with van der Waals surface area (Å²) in [6.45, 7) is 8.50. The summed E-state index contributed by atoms with van der Waals surface area (Å²) in [4.78, 5) is 54.5. The standard InChI is InChI=1S/C25H38N4O6S/c1-5-11-29(17-22(31)32)23(33)20(26-36-18-19-9-7-6-8-10-19)16-21(30)27-12-14-28(15-13-27)24(34)35-25(2,3)4/h6-10,20,26H,5,11-18H2,1-4H3,(H,31,32). The Kier molecular flexibility index (Phi) is 11.5. The predicted molar refractivity (Wildman–Crippen MR) is 138 cm³/mol. The van der Waals surface area contributed by atoms with Gasteiger partial charge in [0.15, 0.2) is 0 Å². The van der Waals surface area contributed by atoms with Crippen molar-refractivity contribution in [1.29, 1.82) is 0 Å². The molecule has 0 aromatic heterocycles. The number of carboxylic acid groups (broad SMARTS) is 1. The van der Waals surface area contributed by atoms with Gasteiger partial charge in [-0.3, -0.25) is 19.1 Å². The van der Waals surface area contributed by atoms with Gasteiger partial charge in [0.05, 0.1) is 6.42 Å². The number of carbonyl (C=O) groups excluding carboxylic acids is 3. The van der Waals surface area contributed by atoms with E-state index in [-0.39, 0.29) is 18.9 Å². The Morgan fingerprint density at radius 2 is 1.69 bits per heavy atom. The Bertz CT molecular complexity index is 884. The third-order valence-electron chi connectivity index (χ3n) is 5.40. The lowest BCUT2D eigenvalue weighted by atomic mass is 10.1. The molecule has 0 aliphatic carbocycles. The van der Waals surface area contributed by atoms with Gasteiger partial charge < -0.3 is 24.5 Å². The Morgan fingerprint density at radius 1 is 1.08 bits per heavy atom. The summed E-state index contributed by atoms with van der Waals surface area (Å²) in [6, 6.07) is 8.83. The van der Waals surface area contributed by atoms with Crippen LogP contribution in [0.3, 0.4) is 0 Å². The number of nitrogens with one attached hydrogen (secondary N) is 1. The molecule has 1 aliphatic rings. The Labute approximate surface area is 217 Å². The first kappa shape index (κ1) is 29.4. The lowest BCUT2D eigenvalue weighted by Gasteiger charge is -2.36. The Balaban J connectivity index is 2.02. The average Bonchev–Trinajstić information content (AvgIpc) is 2.82. The molecule has 1 fully saturated rings. The molecule has 2 rings (SSSR count). The van der Waals surface area contributed by atoms with E-state index in [0.717, 1.165) is 5.56 Å². The van der Waals surface area contributed by atoms with Crippen molar-refractivity contribution in [3.05, 3.63) is 35.9 Å². The smallest absolute Gasteiger partial charge is 0.410 e. The number of piperazine rings is 1. The van der Waals surface area contributed by atoms with E-state index in [4.69, 9.17) is 4.74 Å². The normalized spacial score (nSPS) is 14.8. The number of hydrogen-bond acceptors (Lipinski definition) is 7. The van der Waals surface area contributed by atoms with Crippen LogP contribution < -0.4 is 4.72 Å². The van der Waals surface area contributed by atoms with Gasteiger partial charge in [-0.2, -0.15) is 0 Å². The van der Waals surface area contributed by atoms with Gasteiger partial charge in [0, 0.05) is 38.5 Å². The van der Waals surface area contributed by atoms with Gasteiger partial charge in [-0.1, -0.05) is 49.2 Å². The van der Waals surface area contributed by atoms with Crippen LogP contribution in [-0.4, -0.2) is 94.6 Å². The molecule has 1 aromatic rings. The number of rotatable bonds is 11. The van der Waals surface area contributed by atoms with Gasteiger partial charge in [0.25, 0.3) is 0 Å². The third kappa shape index (κ3) is 10.1. The second-order valence-corrected chi connectivity index (χ2v) is 10.5. The maximum absolute atomic E-state index is 13.3. The van der Waals surface area contributed by atoms with E-state index in [0.29, 0.717) is 38.4 Å². The van der Waals surface area contributed by atoms with E-state index in [2.05, 4.69) is 4.72 Å². The van der Waals surface area contributed by atoms with Crippen molar-refractivity contribution in [2.24, 2.45) is 0 Å². The molecule has 0 bridgehead atoms. The van der Waals surface area contributed by atoms with Crippen molar-refractivity contribution >= 4 is 35.8 Å². The zero-order valence-corrected chi connectivity index (χ0v) is 22.4. The fraction of sp³-hybridized carbons (Fsp3) is 0.600. The molecular formula is C25H38N4O6S. The van der Waals surface area contributed by atoms with Crippen molar-refractivity contribution in [2.45, 2.75) is 57.9 Å². The van der Waals surface area contributed by atoms with Gasteiger partial charge in [-0.15, -0.1) is 0 Å². The van der Waals surface area contributed by atoms with Crippen LogP contribution in [0.5, 0.6) is 0 Å². The molecule has 1 aromatic carbocycles. The number of ether oxygens (including phenoxy) is 1. The zero-order valence-electron chi connectivity index (χ0n) is 21.6. The monoisotopic (exact) mass is 522 g/mol. The van der Waals surface area contributed by atoms with Crippen LogP contribution in [0.1, 0.15) is 46.1 Å². The maximum atomic E-state index is 13.3. The molecule has 1 aliphatic heterocycles. The number of aliphatic carboxylic acids is 1. The second-order valence-electron chi connectivity index (χ2n) is 9.65. The number of carbonyl (C=O) groups is 4. The maximum Gasteiger partial charge on any atom is 0.410 e. The minimum atomic E-state index is -1.10. The predicted octanol–water partition coefficient (Wildman–Crippen LogP) is 2.59. The van der Waals surface area contributed by atoms with Gasteiger partial charge in [-0.05, 0) is 32.8 Å². The van der Waals surface area contributed by atoms with Crippen LogP contribution in [0, 0.1) is 0 Å². The molecule has 2 N–H and O–H groups in total. The number of carboxylic acids is 1. The van der Waals surface area contributed by atoms with Crippen LogP contribution in [0.25, 0.3) is 0 Å². The minimum absolute atomic E-state index is 0.104. The lowest BCUT2D eigenvalue weighted by Crippen LogP contribution is -2.53. The minimum Gasteiger partial charge on any atom is -0.480 e. The highest BCUT2D eigenvalue weighted by atomic mass is 32.2. The molecule has 0 radical (unpaired) electrons. The largest absolute Gasteiger partial charge is 0.480 e. The van der Waals surface area contributed by atoms with E-state index in [1.807, 2.05) is 37.3 Å². The van der Waals surface area contributed by atoms with Crippen LogP contribution in [0.15, 0.2) is 30.3 Å². The van der Waals surface area contributed by atoms with Crippen molar-refractivity contribution in [3.8, 4) is 0 Å². The van der Waals surface area contributed by atoms with Crippen molar-refractivity contribution < 1.29 is 29.0 Å². The van der Waals surface area contributed by atoms with E-state index in [9.17, 15) is 24.3 Å². The number of amides is 3. The topological polar surface area (TPSA) is 119 Å². The molecule has 200 valence electrons. The van der Waals surface area contributed by atoms with Gasteiger partial charge in [-0.25, -0.2) is 4.79 Å². The van der Waals surface area contributed by atoms with Gasteiger partial charge >= 0.3 is 12.1 Å². The van der Waals surface area contributed by atoms with E-state index >= 15 is 0 Å². The highest BCUT2D eigenvalue weighted by molar-refractivity contribution is 7.96. The molecule has 36 heavy (non-hydrogen) atoms. The van der Waals surface area contributed by atoms with Crippen LogP contribution in [0.2, 0.25) is 0 Å². The van der Waals surface area contributed by atoms with E-state index < -0.39 is 36.2 Å². The van der Waals surface area contributed by atoms with Crippen LogP contribution in [0.4, 0.5) is 4.79 Å². The van der Waals surface area contributed by atoms with Crippen LogP contribution >= 0.6 is 11.9 Å². The molecule has 1 atom stereocenters. The van der Waals surface area contributed by atoms with Crippen molar-refractivity contribution in [3.63, 3.8) is 0 Å². The molecule has 1 unspecified atom stereocenters. The van der Waals surface area contributed by atoms with Gasteiger partial charge in [0.2, 0.25) is 11.8 Å². The van der Waals surface area contributed by atoms with E-state index in [1.165, 1.54) is 16.8 Å². The average molecular weight is 523 g/mol. The highest BCUT2D eigenvalue weighted by Gasteiger charge is 2.32. The van der Waals surface area contributed by atoms with Gasteiger partial charge in [0.1, 0.15) is 18.2 Å². The Morgan fingerprint density at radius 3 is 2.25 bits per heavy atom. The SMILES string of the molecule is CCCN(CC(=O)O)C(=O)C(CC(=O)N1CCN(C(=O)OC(C)(C)C)CC1)NSCc1ccccc1. The summed E-state index contributed by atoms with van der Waals surface area (Å²) in [5.74, 6) is -1.16. The molecule has 1 saturated heterocycles. The number of benzene rings is 1. The molecule has 1 heterocycles. The first-order valence-electron chi connectivity index (χ1n) is 12.2. The molecular weight excluding hydrogens is 484 g/mol. The lowest BCUT2D eigenvalue weighted by molar-refractivity contribution is -0.146. The van der Waals surface area contributed by atoms with Crippen LogP contribution in [-0.2, 0) is 24.9 Å². The first-order valence-corrected chi connectivity index (χ1v) is 13.2. The molecule has 3 amide bonds. The fourth-order valence-corrected chi connectivity index (χ4v) is 4.50. The summed E-state index contributed by atoms with van der Waals surface area (Å²) in [6.07, 6.45) is 0.0848. The fourth-order valence-electron chi connectivity index (χ4n) is 3.67. The summed E-state index contributed by atoms with van der Waals surface area (Å²) in [5.41, 5.74) is 0.461. The summed E-state index contributed by atoms with van der Waals surface area (Å²) < 4.78 is 8.51. The van der Waals surface area contributed by atoms with Crippen molar-refractivity contribution in [1.82, 2.24) is 19.4 Å². The molecule has 11 heteroatoms. The Hall–Kier alpha value is -2.79. The summed E-state index contributed by atoms with van der Waals surface area (Å²) in [5, 5.41) is 9.25. The second kappa shape index (κ2) is 14.1. The first-order chi connectivity index (χ1) is 17.0. The summed E-state index contributed by atoms with van der Waals surface area (Å²) >= 11 is 1.31. The molecule has 0 saturated carbocycles. The summed E-state index contributed by atoms with van der Waals surface area (Å²) in [7, 11) is 0. The van der Waals surface area contributed by atoms with E-state index in [1.54, 1.807) is 30.6 Å². The molecule has 0 spiro atoms. The molecule has 10 nitrogen and oxygen atoms in total. The number of nitrogens with zero attached hydrogens (tertiary/aromatic N) is 3.